The van der Waals surface area contributed by atoms with Crippen LogP contribution in [0.4, 0.5) is 0 Å². The Morgan fingerprint density at radius 3 is 1.75 bits per heavy atom. The molecule has 0 radical (unpaired) electrons. The molecule has 22 valence electrons. The predicted octanol–water partition coefficient (Wildman–Crippen LogP) is 0.995. The standard InChI is InChI=1S/C3H5.U/c1-3-2;/h1H2,2H3;/q-1;. The van der Waals surface area contributed by atoms with E-state index in [-0.39, 0.29) is 31.1 Å². The van der Waals surface area contributed by atoms with E-state index in [1.54, 1.807) is 6.92 Å². The number of hydrogen-bond acceptors (Lipinski definition) is 0. The molecule has 0 rings (SSSR count). The van der Waals surface area contributed by atoms with Gasteiger partial charge in [-0.25, -0.2) is 0 Å². The molecule has 0 aromatic carbocycles. The van der Waals surface area contributed by atoms with Gasteiger partial charge < -0.3 is 6.08 Å². The van der Waals surface area contributed by atoms with Gasteiger partial charge in [-0.3, -0.25) is 6.58 Å². The van der Waals surface area contributed by atoms with Gasteiger partial charge in [0.15, 0.2) is 0 Å². The van der Waals surface area contributed by atoms with E-state index in [0.29, 0.717) is 0 Å². The van der Waals surface area contributed by atoms with Crippen LogP contribution in [0.2, 0.25) is 0 Å². The number of allylic oxidation sites excluding steroid dienone is 1. The van der Waals surface area contributed by atoms with Crippen LogP contribution < -0.4 is 0 Å². The summed E-state index contributed by atoms with van der Waals surface area (Å²) < 4.78 is 0. The first-order valence-corrected chi connectivity index (χ1v) is 0.854. The van der Waals surface area contributed by atoms with Gasteiger partial charge >= 0.3 is 0 Å². The monoisotopic (exact) mass is 279 g/mol. The summed E-state index contributed by atoms with van der Waals surface area (Å²) >= 11 is 0. The Labute approximate surface area is 50.7 Å². The predicted molar refractivity (Wildman–Crippen MR) is 14.5 cm³/mol. The Morgan fingerprint density at radius 2 is 1.75 bits per heavy atom. The molecule has 0 unspecified atom stereocenters. The van der Waals surface area contributed by atoms with Crippen molar-refractivity contribution in [3.63, 3.8) is 0 Å². The first-order valence-electron chi connectivity index (χ1n) is 0.854. The molecule has 0 amide bonds. The van der Waals surface area contributed by atoms with E-state index in [2.05, 4.69) is 12.7 Å². The van der Waals surface area contributed by atoms with Crippen molar-refractivity contribution in [1.29, 1.82) is 0 Å². The minimum atomic E-state index is 0. The minimum absolute atomic E-state index is 0. The summed E-state index contributed by atoms with van der Waals surface area (Å²) in [6.07, 6.45) is 2.50. The van der Waals surface area contributed by atoms with Crippen molar-refractivity contribution in [3.8, 4) is 0 Å². The van der Waals surface area contributed by atoms with Crippen LogP contribution in [-0.4, -0.2) is 0 Å². The molecule has 0 spiro atoms. The van der Waals surface area contributed by atoms with E-state index in [0.717, 1.165) is 0 Å². The van der Waals surface area contributed by atoms with Crippen LogP contribution in [-0.2, 0) is 0 Å². The maximum Gasteiger partial charge on any atom is 0 e. The van der Waals surface area contributed by atoms with Crippen molar-refractivity contribution in [1.82, 2.24) is 0 Å². The Morgan fingerprint density at radius 1 is 1.75 bits per heavy atom. The molecule has 0 aliphatic rings. The Hall–Kier alpha value is 0.792. The van der Waals surface area contributed by atoms with Crippen LogP contribution in [0.1, 0.15) is 6.92 Å². The first-order chi connectivity index (χ1) is 1.41. The molecule has 0 atom stereocenters. The Bertz CT molecular complexity index is 10.8. The number of rotatable bonds is 0. The van der Waals surface area contributed by atoms with Crippen molar-refractivity contribution in [3.05, 3.63) is 12.7 Å². The second kappa shape index (κ2) is 9.21. The summed E-state index contributed by atoms with van der Waals surface area (Å²) in [7, 11) is 0. The molecule has 0 aromatic rings. The third kappa shape index (κ3) is 14.3. The topological polar surface area (TPSA) is 0 Å². The summed E-state index contributed by atoms with van der Waals surface area (Å²) in [6.45, 7) is 5.00. The summed E-state index contributed by atoms with van der Waals surface area (Å²) in [4.78, 5) is 0. The third-order valence-electron chi connectivity index (χ3n) is 0. The van der Waals surface area contributed by atoms with Gasteiger partial charge in [0.25, 0.3) is 0 Å². The van der Waals surface area contributed by atoms with Gasteiger partial charge in [0.05, 0.1) is 0 Å². The zero-order valence-electron chi connectivity index (χ0n) is 2.71. The van der Waals surface area contributed by atoms with Gasteiger partial charge in [-0.15, -0.1) is 0 Å². The fourth-order valence-corrected chi connectivity index (χ4v) is 0. The molecule has 4 heavy (non-hydrogen) atoms. The number of hydrogen-bond donors (Lipinski definition) is 0. The fourth-order valence-electron chi connectivity index (χ4n) is 0. The van der Waals surface area contributed by atoms with E-state index in [1.165, 1.54) is 0 Å². The van der Waals surface area contributed by atoms with Crippen molar-refractivity contribution in [2.24, 2.45) is 0 Å². The van der Waals surface area contributed by atoms with Gasteiger partial charge in [0.1, 0.15) is 0 Å². The van der Waals surface area contributed by atoms with Crippen molar-refractivity contribution >= 4 is 0 Å². The van der Waals surface area contributed by atoms with Crippen LogP contribution >= 0.6 is 0 Å². The molecule has 0 heterocycles. The zero-order chi connectivity index (χ0) is 2.71. The largest absolute Gasteiger partial charge is 0.507 e. The summed E-state index contributed by atoms with van der Waals surface area (Å²) in [6, 6.07) is 0. The second-order valence-electron chi connectivity index (χ2n) is 0.354. The van der Waals surface area contributed by atoms with Crippen molar-refractivity contribution in [2.75, 3.05) is 0 Å². The first kappa shape index (κ1) is 8.84. The summed E-state index contributed by atoms with van der Waals surface area (Å²) in [5.74, 6) is 0. The smallest absolute Gasteiger partial charge is 0 e. The normalized spacial score (nSPS) is 3.25. The zero-order valence-corrected chi connectivity index (χ0v) is 6.87. The quantitative estimate of drug-likeness (QED) is 0.580. The van der Waals surface area contributed by atoms with E-state index in [9.17, 15) is 0 Å². The SMILES string of the molecule is C=[C-]C.[U]. The summed E-state index contributed by atoms with van der Waals surface area (Å²) in [5, 5.41) is 0. The minimum Gasteiger partial charge on any atom is -0.507 e. The second-order valence-corrected chi connectivity index (χ2v) is 0.354. The Balaban J connectivity index is 0. The van der Waals surface area contributed by atoms with Gasteiger partial charge in [-0.05, 0) is 0 Å². The van der Waals surface area contributed by atoms with Crippen molar-refractivity contribution in [2.45, 2.75) is 6.92 Å². The maximum absolute atomic E-state index is 3.24. The van der Waals surface area contributed by atoms with E-state index in [1.807, 2.05) is 0 Å². The van der Waals surface area contributed by atoms with Crippen molar-refractivity contribution < 1.29 is 31.1 Å². The van der Waals surface area contributed by atoms with Crippen LogP contribution in [0.5, 0.6) is 0 Å². The molecule has 0 bridgehead atoms. The molecule has 1 heteroatoms. The molecule has 0 saturated heterocycles. The van der Waals surface area contributed by atoms with Crippen LogP contribution in [0.15, 0.2) is 6.58 Å². The fraction of sp³-hybridized carbons (Fsp3) is 0.333. The maximum atomic E-state index is 3.24. The molecule has 0 fully saturated rings. The van der Waals surface area contributed by atoms with Crippen LogP contribution in [0.3, 0.4) is 0 Å². The average molecular weight is 279 g/mol. The van der Waals surface area contributed by atoms with Crippen LogP contribution in [0.25, 0.3) is 0 Å². The van der Waals surface area contributed by atoms with Crippen LogP contribution in [0, 0.1) is 37.2 Å². The molecule has 0 saturated carbocycles. The molecule has 0 nitrogen and oxygen atoms in total. The Kier molecular flexibility index (Phi) is 20.3. The molecule has 0 N–H and O–H groups in total. The van der Waals surface area contributed by atoms with E-state index in [4.69, 9.17) is 0 Å². The molecular weight excluding hydrogens is 274 g/mol. The van der Waals surface area contributed by atoms with E-state index >= 15 is 0 Å². The molecule has 0 aromatic heterocycles. The van der Waals surface area contributed by atoms with Gasteiger partial charge in [-0.2, -0.15) is 6.92 Å². The van der Waals surface area contributed by atoms with Gasteiger partial charge in [-0.1, -0.05) is 0 Å². The van der Waals surface area contributed by atoms with E-state index < -0.39 is 0 Å². The molecular formula is C3H5U-. The third-order valence-corrected chi connectivity index (χ3v) is 0. The average Bonchev–Trinajstić information content (AvgIpc) is 0.918. The molecule has 0 aliphatic heterocycles. The summed E-state index contributed by atoms with van der Waals surface area (Å²) in [5.41, 5.74) is 0. The molecule has 0 aliphatic carbocycles. The van der Waals surface area contributed by atoms with Gasteiger partial charge in [0.2, 0.25) is 0 Å². The van der Waals surface area contributed by atoms with Gasteiger partial charge in [0, 0.05) is 31.1 Å².